The number of likely N-dealkylation sites (tertiary alicyclic amines) is 1. The second-order valence-electron chi connectivity index (χ2n) is 7.15. The van der Waals surface area contributed by atoms with E-state index in [0.29, 0.717) is 19.3 Å². The number of nitrogens with zero attached hydrogens (tertiary/aromatic N) is 1. The molecule has 2 fully saturated rings. The summed E-state index contributed by atoms with van der Waals surface area (Å²) in [6.07, 6.45) is 2.49. The minimum Gasteiger partial charge on any atom is -0.392 e. The van der Waals surface area contributed by atoms with E-state index >= 15 is 0 Å². The highest BCUT2D eigenvalue weighted by Crippen LogP contribution is 2.27. The zero-order chi connectivity index (χ0) is 17.9. The van der Waals surface area contributed by atoms with E-state index in [1.54, 1.807) is 0 Å². The number of hydrogen-bond acceptors (Lipinski definition) is 3. The number of carbonyl (C=O) groups is 2. The van der Waals surface area contributed by atoms with Gasteiger partial charge in [-0.05, 0) is 25.2 Å². The molecule has 0 spiro atoms. The predicted octanol–water partition coefficient (Wildman–Crippen LogP) is 1.94. The molecule has 7 heteroatoms. The van der Waals surface area contributed by atoms with Gasteiger partial charge in [-0.15, -0.1) is 0 Å². The molecule has 1 aliphatic heterocycles. The fourth-order valence-electron chi connectivity index (χ4n) is 3.53. The summed E-state index contributed by atoms with van der Waals surface area (Å²) in [5.41, 5.74) is 0. The van der Waals surface area contributed by atoms with E-state index < -0.39 is 30.3 Å². The van der Waals surface area contributed by atoms with Crippen molar-refractivity contribution < 1.29 is 23.5 Å². The number of nitrogens with one attached hydrogen (secondary N) is 1. The maximum atomic E-state index is 13.6. The summed E-state index contributed by atoms with van der Waals surface area (Å²) in [5, 5.41) is 12.9. The molecule has 1 aliphatic carbocycles. The summed E-state index contributed by atoms with van der Waals surface area (Å²) in [6, 6.07) is -0.350. The molecule has 1 saturated heterocycles. The van der Waals surface area contributed by atoms with Crippen LogP contribution in [0.25, 0.3) is 0 Å². The average Bonchev–Trinajstić information content (AvgIpc) is 2.56. The first-order valence-corrected chi connectivity index (χ1v) is 8.92. The lowest BCUT2D eigenvalue weighted by atomic mass is 9.85. The van der Waals surface area contributed by atoms with E-state index in [4.69, 9.17) is 0 Å². The lowest BCUT2D eigenvalue weighted by Gasteiger charge is -2.39. The number of carbonyl (C=O) groups excluding carboxylic acids is 2. The number of aliphatic hydroxyl groups excluding tert-OH is 1. The molecule has 2 rings (SSSR count). The van der Waals surface area contributed by atoms with Gasteiger partial charge in [-0.1, -0.05) is 26.7 Å². The minimum absolute atomic E-state index is 0.101. The molecule has 2 amide bonds. The number of aliphatic hydroxyl groups is 1. The van der Waals surface area contributed by atoms with Crippen LogP contribution in [0.5, 0.6) is 0 Å². The Hall–Kier alpha value is -1.24. The third kappa shape index (κ3) is 4.23. The van der Waals surface area contributed by atoms with Crippen LogP contribution in [0.4, 0.5) is 8.78 Å². The maximum Gasteiger partial charge on any atom is 0.324 e. The highest BCUT2D eigenvalue weighted by Gasteiger charge is 2.43. The molecule has 24 heavy (non-hydrogen) atoms. The monoisotopic (exact) mass is 346 g/mol. The molecule has 0 aromatic heterocycles. The second-order valence-corrected chi connectivity index (χ2v) is 7.15. The number of amides is 2. The fraction of sp³-hybridized carbons (Fsp3) is 0.882. The van der Waals surface area contributed by atoms with Gasteiger partial charge in [0.2, 0.25) is 5.91 Å². The van der Waals surface area contributed by atoms with E-state index in [0.717, 1.165) is 17.7 Å². The quantitative estimate of drug-likeness (QED) is 0.817. The van der Waals surface area contributed by atoms with Crippen LogP contribution < -0.4 is 5.32 Å². The Kier molecular flexibility index (Phi) is 6.17. The van der Waals surface area contributed by atoms with Crippen LogP contribution in [0.2, 0.25) is 0 Å². The zero-order valence-electron chi connectivity index (χ0n) is 14.4. The van der Waals surface area contributed by atoms with Crippen LogP contribution in [-0.4, -0.2) is 53.0 Å². The summed E-state index contributed by atoms with van der Waals surface area (Å²) >= 11 is 0. The maximum absolute atomic E-state index is 13.6. The minimum atomic E-state index is -3.35. The lowest BCUT2D eigenvalue weighted by molar-refractivity contribution is -0.160. The Morgan fingerprint density at radius 1 is 1.25 bits per heavy atom. The van der Waals surface area contributed by atoms with Crippen molar-refractivity contribution in [2.24, 2.45) is 11.8 Å². The normalized spacial score (nSPS) is 31.6. The van der Waals surface area contributed by atoms with E-state index in [1.807, 2.05) is 6.92 Å². The van der Waals surface area contributed by atoms with E-state index in [-0.39, 0.29) is 31.0 Å². The fourth-order valence-corrected chi connectivity index (χ4v) is 3.53. The second kappa shape index (κ2) is 7.76. The van der Waals surface area contributed by atoms with E-state index in [1.165, 1.54) is 6.92 Å². The van der Waals surface area contributed by atoms with Gasteiger partial charge in [0.25, 0.3) is 5.91 Å². The molecular formula is C17H28F2N2O3. The highest BCUT2D eigenvalue weighted by molar-refractivity contribution is 5.84. The molecule has 5 nitrogen and oxygen atoms in total. The van der Waals surface area contributed by atoms with Crippen molar-refractivity contribution in [1.29, 1.82) is 0 Å². The number of rotatable bonds is 4. The summed E-state index contributed by atoms with van der Waals surface area (Å²) in [6.45, 7) is 3.62. The predicted molar refractivity (Wildman–Crippen MR) is 85.5 cm³/mol. The topological polar surface area (TPSA) is 69.6 Å². The average molecular weight is 346 g/mol. The molecule has 4 unspecified atom stereocenters. The van der Waals surface area contributed by atoms with E-state index in [2.05, 4.69) is 5.32 Å². The molecule has 0 bridgehead atoms. The number of alkyl halides is 2. The molecule has 2 N–H and O–H groups in total. The molecule has 2 aliphatic rings. The van der Waals surface area contributed by atoms with Crippen LogP contribution in [0.15, 0.2) is 0 Å². The van der Waals surface area contributed by atoms with Crippen LogP contribution in [0.3, 0.4) is 0 Å². The van der Waals surface area contributed by atoms with Crippen LogP contribution >= 0.6 is 0 Å². The molecule has 1 heterocycles. The van der Waals surface area contributed by atoms with Gasteiger partial charge >= 0.3 is 5.92 Å². The van der Waals surface area contributed by atoms with Gasteiger partial charge in [-0.25, -0.2) is 0 Å². The summed E-state index contributed by atoms with van der Waals surface area (Å²) in [7, 11) is 0. The van der Waals surface area contributed by atoms with Crippen molar-refractivity contribution in [2.75, 3.05) is 13.1 Å². The SMILES string of the molecule is CCC(F)(F)C(=O)N1CCC(C)C(NC(=O)C2CCCCC2O)C1. The number of halogens is 2. The Balaban J connectivity index is 1.98. The van der Waals surface area contributed by atoms with Gasteiger partial charge in [0.05, 0.1) is 12.0 Å². The molecule has 0 radical (unpaired) electrons. The van der Waals surface area contributed by atoms with Crippen LogP contribution in [-0.2, 0) is 9.59 Å². The largest absolute Gasteiger partial charge is 0.392 e. The first-order valence-electron chi connectivity index (χ1n) is 8.92. The summed E-state index contributed by atoms with van der Waals surface area (Å²) in [4.78, 5) is 25.6. The van der Waals surface area contributed by atoms with Gasteiger partial charge in [0.15, 0.2) is 0 Å². The summed E-state index contributed by atoms with van der Waals surface area (Å²) < 4.78 is 27.3. The Morgan fingerprint density at radius 3 is 2.54 bits per heavy atom. The molecule has 0 aromatic rings. The van der Waals surface area contributed by atoms with Crippen molar-refractivity contribution >= 4 is 11.8 Å². The molecular weight excluding hydrogens is 318 g/mol. The van der Waals surface area contributed by atoms with Crippen molar-refractivity contribution in [3.05, 3.63) is 0 Å². The van der Waals surface area contributed by atoms with Crippen LogP contribution in [0, 0.1) is 11.8 Å². The van der Waals surface area contributed by atoms with Gasteiger partial charge in [0.1, 0.15) is 0 Å². The Morgan fingerprint density at radius 2 is 1.92 bits per heavy atom. The highest BCUT2D eigenvalue weighted by atomic mass is 19.3. The van der Waals surface area contributed by atoms with Gasteiger partial charge in [-0.3, -0.25) is 9.59 Å². The summed E-state index contributed by atoms with van der Waals surface area (Å²) in [5.74, 6) is -5.07. The number of hydrogen-bond donors (Lipinski definition) is 2. The molecule has 0 aromatic carbocycles. The third-order valence-electron chi connectivity index (χ3n) is 5.40. The van der Waals surface area contributed by atoms with Gasteiger partial charge in [0, 0.05) is 25.6 Å². The Bertz CT molecular complexity index is 473. The molecule has 4 atom stereocenters. The lowest BCUT2D eigenvalue weighted by Crippen LogP contribution is -2.57. The van der Waals surface area contributed by atoms with Crippen molar-refractivity contribution in [3.63, 3.8) is 0 Å². The first kappa shape index (κ1) is 19.1. The standard InChI is InChI=1S/C17H28F2N2O3/c1-3-17(18,19)16(24)21-9-8-11(2)13(10-21)20-15(23)12-6-4-5-7-14(12)22/h11-14,22H,3-10H2,1-2H3,(H,20,23). The van der Waals surface area contributed by atoms with Crippen LogP contribution in [0.1, 0.15) is 52.4 Å². The van der Waals surface area contributed by atoms with Gasteiger partial charge < -0.3 is 15.3 Å². The Labute approximate surface area is 141 Å². The third-order valence-corrected chi connectivity index (χ3v) is 5.40. The van der Waals surface area contributed by atoms with Gasteiger partial charge in [-0.2, -0.15) is 8.78 Å². The first-order chi connectivity index (χ1) is 11.3. The van der Waals surface area contributed by atoms with Crippen molar-refractivity contribution in [3.8, 4) is 0 Å². The van der Waals surface area contributed by atoms with Crippen molar-refractivity contribution in [2.45, 2.75) is 70.4 Å². The molecule has 1 saturated carbocycles. The molecule has 138 valence electrons. The number of piperidine rings is 1. The smallest absolute Gasteiger partial charge is 0.324 e. The van der Waals surface area contributed by atoms with E-state index in [9.17, 15) is 23.5 Å². The van der Waals surface area contributed by atoms with Crippen molar-refractivity contribution in [1.82, 2.24) is 10.2 Å². The zero-order valence-corrected chi connectivity index (χ0v) is 14.4.